The van der Waals surface area contributed by atoms with Crippen molar-refractivity contribution >= 4 is 17.6 Å². The third-order valence-corrected chi connectivity index (χ3v) is 3.95. The highest BCUT2D eigenvalue weighted by Crippen LogP contribution is 2.40. The molecule has 1 aliphatic heterocycles. The smallest absolute Gasteiger partial charge is 0.415 e. The summed E-state index contributed by atoms with van der Waals surface area (Å²) in [6.45, 7) is 11.1. The predicted octanol–water partition coefficient (Wildman–Crippen LogP) is 4.03. The van der Waals surface area contributed by atoms with Gasteiger partial charge in [-0.05, 0) is 53.2 Å². The first-order chi connectivity index (χ1) is 10.6. The van der Waals surface area contributed by atoms with Gasteiger partial charge in [-0.15, -0.1) is 0 Å². The van der Waals surface area contributed by atoms with Crippen LogP contribution >= 0.6 is 0 Å². The van der Waals surface area contributed by atoms with E-state index in [9.17, 15) is 9.59 Å². The van der Waals surface area contributed by atoms with E-state index in [1.54, 1.807) is 12.0 Å². The van der Waals surface area contributed by atoms with Crippen molar-refractivity contribution in [3.8, 4) is 5.75 Å². The molecule has 0 N–H and O–H groups in total. The number of anilines is 1. The summed E-state index contributed by atoms with van der Waals surface area (Å²) in [5.74, 6) is 0.715. The van der Waals surface area contributed by atoms with Crippen LogP contribution in [0.4, 0.5) is 10.5 Å². The number of ether oxygens (including phenoxy) is 2. The molecule has 1 unspecified atom stereocenters. The third kappa shape index (κ3) is 3.19. The third-order valence-electron chi connectivity index (χ3n) is 3.95. The lowest BCUT2D eigenvalue weighted by atomic mass is 9.89. The molecule has 126 valence electrons. The van der Waals surface area contributed by atoms with Gasteiger partial charge in [0.15, 0.2) is 5.78 Å². The number of ketones is 1. The summed E-state index contributed by atoms with van der Waals surface area (Å²) in [6.07, 6.45) is -0.145. The van der Waals surface area contributed by atoms with Crippen LogP contribution in [0.5, 0.6) is 5.75 Å². The Bertz CT molecular complexity index is 658. The molecule has 0 bridgehead atoms. The van der Waals surface area contributed by atoms with Gasteiger partial charge in [0.25, 0.3) is 0 Å². The molecule has 2 rings (SSSR count). The largest absolute Gasteiger partial charge is 0.496 e. The van der Waals surface area contributed by atoms with Gasteiger partial charge in [0.05, 0.1) is 12.8 Å². The summed E-state index contributed by atoms with van der Waals surface area (Å²) in [4.78, 5) is 26.8. The van der Waals surface area contributed by atoms with Crippen LogP contribution in [0.15, 0.2) is 6.07 Å². The second-order valence-electron chi connectivity index (χ2n) is 7.07. The number of Topliss-reactive ketones (excluding diaryl/α,β-unsaturated/α-hetero) is 1. The average molecular weight is 319 g/mol. The van der Waals surface area contributed by atoms with Gasteiger partial charge in [0.2, 0.25) is 0 Å². The standard InChI is InChI=1S/C18H25NO4/c1-10-8-14(22-7)12(3)16-15(10)13(20)9-11(2)19(16)17(21)23-18(4,5)6/h8,11H,9H2,1-7H3. The SMILES string of the molecule is COc1cc(C)c2c(c1C)N(C(=O)OC(C)(C)C)C(C)CC2=O. The molecule has 23 heavy (non-hydrogen) atoms. The number of aryl methyl sites for hydroxylation is 1. The molecule has 0 spiro atoms. The molecule has 5 heteroatoms. The second-order valence-corrected chi connectivity index (χ2v) is 7.07. The van der Waals surface area contributed by atoms with E-state index in [4.69, 9.17) is 9.47 Å². The van der Waals surface area contributed by atoms with Crippen molar-refractivity contribution in [2.24, 2.45) is 0 Å². The van der Waals surface area contributed by atoms with E-state index < -0.39 is 11.7 Å². The summed E-state index contributed by atoms with van der Waals surface area (Å²) in [5, 5.41) is 0. The van der Waals surface area contributed by atoms with Crippen molar-refractivity contribution < 1.29 is 19.1 Å². The van der Waals surface area contributed by atoms with Crippen LogP contribution in [0.2, 0.25) is 0 Å². The van der Waals surface area contributed by atoms with Crippen LogP contribution in [0.25, 0.3) is 0 Å². The number of hydrogen-bond acceptors (Lipinski definition) is 4. The van der Waals surface area contributed by atoms with Crippen LogP contribution in [0, 0.1) is 13.8 Å². The van der Waals surface area contributed by atoms with E-state index in [0.717, 1.165) is 11.1 Å². The highest BCUT2D eigenvalue weighted by Gasteiger charge is 2.38. The first kappa shape index (κ1) is 17.3. The minimum Gasteiger partial charge on any atom is -0.496 e. The summed E-state index contributed by atoms with van der Waals surface area (Å²) in [5.41, 5.74) is 2.19. The van der Waals surface area contributed by atoms with Crippen LogP contribution < -0.4 is 9.64 Å². The maximum absolute atomic E-state index is 12.7. The summed E-state index contributed by atoms with van der Waals surface area (Å²) >= 11 is 0. The fourth-order valence-electron chi connectivity index (χ4n) is 3.00. The van der Waals surface area contributed by atoms with Crippen molar-refractivity contribution in [3.63, 3.8) is 0 Å². The molecular formula is C18H25NO4. The van der Waals surface area contributed by atoms with E-state index in [2.05, 4.69) is 0 Å². The maximum Gasteiger partial charge on any atom is 0.415 e. The van der Waals surface area contributed by atoms with E-state index in [0.29, 0.717) is 23.4 Å². The van der Waals surface area contributed by atoms with Gasteiger partial charge in [-0.3, -0.25) is 9.69 Å². The second kappa shape index (κ2) is 5.87. The Labute approximate surface area is 137 Å². The molecule has 1 aromatic carbocycles. The highest BCUT2D eigenvalue weighted by molar-refractivity contribution is 6.10. The van der Waals surface area contributed by atoms with Crippen molar-refractivity contribution in [2.45, 2.75) is 59.6 Å². The molecule has 0 radical (unpaired) electrons. The maximum atomic E-state index is 12.7. The van der Waals surface area contributed by atoms with Gasteiger partial charge in [0.1, 0.15) is 11.4 Å². The number of nitrogens with zero attached hydrogens (tertiary/aromatic N) is 1. The van der Waals surface area contributed by atoms with Crippen LogP contribution in [-0.2, 0) is 4.74 Å². The first-order valence-electron chi connectivity index (χ1n) is 7.80. The molecule has 0 aromatic heterocycles. The monoisotopic (exact) mass is 319 g/mol. The lowest BCUT2D eigenvalue weighted by Gasteiger charge is -2.37. The minimum atomic E-state index is -0.597. The minimum absolute atomic E-state index is 0.0514. The number of hydrogen-bond donors (Lipinski definition) is 0. The number of methoxy groups -OCH3 is 1. The predicted molar refractivity (Wildman–Crippen MR) is 89.6 cm³/mol. The Balaban J connectivity index is 2.64. The van der Waals surface area contributed by atoms with Crippen LogP contribution in [-0.4, -0.2) is 30.6 Å². The molecule has 0 aliphatic carbocycles. The molecule has 0 saturated carbocycles. The lowest BCUT2D eigenvalue weighted by molar-refractivity contribution is 0.0562. The van der Waals surface area contributed by atoms with Gasteiger partial charge < -0.3 is 9.47 Å². The van der Waals surface area contributed by atoms with Gasteiger partial charge in [-0.1, -0.05) is 0 Å². The Hall–Kier alpha value is -2.04. The zero-order chi connectivity index (χ0) is 17.5. The van der Waals surface area contributed by atoms with Crippen LogP contribution in [0.3, 0.4) is 0 Å². The zero-order valence-corrected chi connectivity index (χ0v) is 14.9. The van der Waals surface area contributed by atoms with Gasteiger partial charge in [-0.2, -0.15) is 0 Å². The fraction of sp³-hybridized carbons (Fsp3) is 0.556. The molecule has 1 atom stereocenters. The summed E-state index contributed by atoms with van der Waals surface area (Å²) < 4.78 is 10.9. The van der Waals surface area contributed by atoms with Gasteiger partial charge in [-0.25, -0.2) is 4.79 Å². The summed E-state index contributed by atoms with van der Waals surface area (Å²) in [7, 11) is 1.58. The number of carbonyl (C=O) groups excluding carboxylic acids is 2. The van der Waals surface area contributed by atoms with E-state index >= 15 is 0 Å². The molecule has 1 heterocycles. The van der Waals surface area contributed by atoms with Crippen LogP contribution in [0.1, 0.15) is 55.6 Å². The van der Waals surface area contributed by atoms with Crippen molar-refractivity contribution in [2.75, 3.05) is 12.0 Å². The Kier molecular flexibility index (Phi) is 4.42. The fourth-order valence-corrected chi connectivity index (χ4v) is 3.00. The first-order valence-corrected chi connectivity index (χ1v) is 7.80. The summed E-state index contributed by atoms with van der Waals surface area (Å²) in [6, 6.07) is 1.59. The van der Waals surface area contributed by atoms with Crippen molar-refractivity contribution in [3.05, 3.63) is 22.8 Å². The molecule has 0 saturated heterocycles. The van der Waals surface area contributed by atoms with Gasteiger partial charge in [0, 0.05) is 23.6 Å². The quantitative estimate of drug-likeness (QED) is 0.784. The molecule has 0 fully saturated rings. The van der Waals surface area contributed by atoms with E-state index in [-0.39, 0.29) is 11.8 Å². The molecule has 1 amide bonds. The normalized spacial score (nSPS) is 17.8. The van der Waals surface area contributed by atoms with E-state index in [1.165, 1.54) is 0 Å². The number of benzene rings is 1. The molecule has 1 aromatic rings. The van der Waals surface area contributed by atoms with Crippen molar-refractivity contribution in [1.29, 1.82) is 0 Å². The van der Waals surface area contributed by atoms with Crippen molar-refractivity contribution in [1.82, 2.24) is 0 Å². The average Bonchev–Trinajstić information content (AvgIpc) is 2.39. The van der Waals surface area contributed by atoms with Gasteiger partial charge >= 0.3 is 6.09 Å². The number of fused-ring (bicyclic) bond motifs is 1. The number of rotatable bonds is 1. The highest BCUT2D eigenvalue weighted by atomic mass is 16.6. The molecule has 5 nitrogen and oxygen atoms in total. The topological polar surface area (TPSA) is 55.8 Å². The number of carbonyl (C=O) groups is 2. The lowest BCUT2D eigenvalue weighted by Crippen LogP contribution is -2.47. The Morgan fingerprint density at radius 1 is 1.30 bits per heavy atom. The Morgan fingerprint density at radius 2 is 1.91 bits per heavy atom. The number of amides is 1. The Morgan fingerprint density at radius 3 is 2.43 bits per heavy atom. The van der Waals surface area contributed by atoms with E-state index in [1.807, 2.05) is 47.6 Å². The molecule has 1 aliphatic rings. The molecular weight excluding hydrogens is 294 g/mol. The zero-order valence-electron chi connectivity index (χ0n) is 14.9.